The van der Waals surface area contributed by atoms with Gasteiger partial charge in [-0.3, -0.25) is 14.2 Å². The van der Waals surface area contributed by atoms with Gasteiger partial charge in [-0.15, -0.1) is 11.3 Å². The van der Waals surface area contributed by atoms with Crippen LogP contribution in [0.3, 0.4) is 0 Å². The van der Waals surface area contributed by atoms with E-state index in [2.05, 4.69) is 10.3 Å². The van der Waals surface area contributed by atoms with Crippen LogP contribution >= 0.6 is 23.1 Å². The van der Waals surface area contributed by atoms with Crippen LogP contribution in [0.1, 0.15) is 11.1 Å². The number of nitrogens with one attached hydrogen (secondary N) is 1. The highest BCUT2D eigenvalue weighted by Crippen LogP contribution is 2.34. The summed E-state index contributed by atoms with van der Waals surface area (Å²) in [5, 5.41) is 4.35. The number of anilines is 1. The van der Waals surface area contributed by atoms with Gasteiger partial charge in [-0.05, 0) is 48.2 Å². The van der Waals surface area contributed by atoms with Crippen LogP contribution in [0, 0.1) is 6.92 Å². The average Bonchev–Trinajstić information content (AvgIpc) is 3.21. The number of hydrogen-bond acceptors (Lipinski definition) is 5. The minimum Gasteiger partial charge on any atom is -0.325 e. The molecule has 0 aliphatic heterocycles. The Morgan fingerprint density at radius 2 is 1.94 bits per heavy atom. The minimum absolute atomic E-state index is 0.222. The highest BCUT2D eigenvalue weighted by atomic mass is 32.2. The van der Waals surface area contributed by atoms with Crippen LogP contribution in [0.5, 0.6) is 0 Å². The molecule has 0 aliphatic carbocycles. The molecule has 164 valence electrons. The molecule has 0 aliphatic rings. The van der Waals surface area contributed by atoms with Gasteiger partial charge < -0.3 is 5.32 Å². The summed E-state index contributed by atoms with van der Waals surface area (Å²) in [7, 11) is 0. The van der Waals surface area contributed by atoms with E-state index >= 15 is 0 Å². The molecule has 4 rings (SSSR count). The van der Waals surface area contributed by atoms with Crippen molar-refractivity contribution in [2.45, 2.75) is 18.3 Å². The molecule has 0 unspecified atom stereocenters. The maximum Gasteiger partial charge on any atom is 0.418 e. The Hall–Kier alpha value is -3.11. The van der Waals surface area contributed by atoms with Crippen molar-refractivity contribution in [2.75, 3.05) is 11.1 Å². The first-order valence-electron chi connectivity index (χ1n) is 9.40. The number of hydrogen-bond donors (Lipinski definition) is 1. The largest absolute Gasteiger partial charge is 0.418 e. The van der Waals surface area contributed by atoms with E-state index < -0.39 is 17.6 Å². The van der Waals surface area contributed by atoms with Crippen molar-refractivity contribution < 1.29 is 18.0 Å². The molecule has 0 saturated carbocycles. The maximum absolute atomic E-state index is 13.2. The molecule has 0 radical (unpaired) electrons. The summed E-state index contributed by atoms with van der Waals surface area (Å²) in [6.07, 6.45) is -4.59. The van der Waals surface area contributed by atoms with Crippen LogP contribution in [0.2, 0.25) is 0 Å². The Labute approximate surface area is 188 Å². The van der Waals surface area contributed by atoms with Gasteiger partial charge in [0.15, 0.2) is 5.16 Å². The summed E-state index contributed by atoms with van der Waals surface area (Å²) in [5.41, 5.74) is 0.548. The number of thioether (sulfide) groups is 1. The molecule has 2 aromatic heterocycles. The standard InChI is InChI=1S/C22H16F3N3O2S2/c1-13-5-4-6-14(11-13)28-20(30)19-17(9-10-31-19)27-21(28)32-12-18(29)26-16-8-3-2-7-15(16)22(23,24)25/h2-11H,12H2,1H3,(H,26,29). The number of para-hydroxylation sites is 1. The van der Waals surface area contributed by atoms with Gasteiger partial charge in [-0.25, -0.2) is 4.98 Å². The van der Waals surface area contributed by atoms with Crippen LogP contribution in [-0.4, -0.2) is 21.2 Å². The number of carbonyl (C=O) groups excluding carboxylic acids is 1. The Morgan fingerprint density at radius 3 is 2.69 bits per heavy atom. The Balaban J connectivity index is 1.63. The van der Waals surface area contributed by atoms with E-state index in [-0.39, 0.29) is 22.2 Å². The smallest absolute Gasteiger partial charge is 0.325 e. The van der Waals surface area contributed by atoms with Crippen molar-refractivity contribution in [1.82, 2.24) is 9.55 Å². The summed E-state index contributed by atoms with van der Waals surface area (Å²) < 4.78 is 41.5. The van der Waals surface area contributed by atoms with E-state index in [1.165, 1.54) is 34.1 Å². The normalized spacial score (nSPS) is 11.6. The van der Waals surface area contributed by atoms with E-state index in [4.69, 9.17) is 0 Å². The van der Waals surface area contributed by atoms with Gasteiger partial charge in [-0.1, -0.05) is 36.0 Å². The zero-order valence-corrected chi connectivity index (χ0v) is 18.3. The fraction of sp³-hybridized carbons (Fsp3) is 0.136. The number of rotatable bonds is 5. The van der Waals surface area contributed by atoms with E-state index in [0.29, 0.717) is 15.9 Å². The Morgan fingerprint density at radius 1 is 1.16 bits per heavy atom. The second-order valence-corrected chi connectivity index (χ2v) is 8.75. The number of carbonyl (C=O) groups is 1. The van der Waals surface area contributed by atoms with Crippen molar-refractivity contribution in [3.05, 3.63) is 81.5 Å². The first kappa shape index (κ1) is 22.1. The first-order chi connectivity index (χ1) is 15.2. The van der Waals surface area contributed by atoms with Crippen molar-refractivity contribution in [3.63, 3.8) is 0 Å². The molecule has 32 heavy (non-hydrogen) atoms. The van der Waals surface area contributed by atoms with Gasteiger partial charge in [-0.2, -0.15) is 13.2 Å². The van der Waals surface area contributed by atoms with Gasteiger partial charge in [0.1, 0.15) is 4.70 Å². The van der Waals surface area contributed by atoms with Gasteiger partial charge in [0, 0.05) is 0 Å². The van der Waals surface area contributed by atoms with Crippen LogP contribution in [0.4, 0.5) is 18.9 Å². The molecular weight excluding hydrogens is 459 g/mol. The van der Waals surface area contributed by atoms with E-state index in [0.717, 1.165) is 23.4 Å². The summed E-state index contributed by atoms with van der Waals surface area (Å²) in [6, 6.07) is 13.8. The van der Waals surface area contributed by atoms with Gasteiger partial charge in [0.05, 0.1) is 28.2 Å². The molecular formula is C22H16F3N3O2S2. The molecule has 0 fully saturated rings. The van der Waals surface area contributed by atoms with E-state index in [9.17, 15) is 22.8 Å². The lowest BCUT2D eigenvalue weighted by atomic mass is 10.1. The average molecular weight is 476 g/mol. The van der Waals surface area contributed by atoms with E-state index in [1.807, 2.05) is 25.1 Å². The summed E-state index contributed by atoms with van der Waals surface area (Å²) in [5.74, 6) is -0.859. The topological polar surface area (TPSA) is 64.0 Å². The van der Waals surface area contributed by atoms with Gasteiger partial charge >= 0.3 is 6.18 Å². The second kappa shape index (κ2) is 8.79. The number of aromatic nitrogens is 2. The number of amides is 1. The molecule has 4 aromatic rings. The van der Waals surface area contributed by atoms with E-state index in [1.54, 1.807) is 17.5 Å². The van der Waals surface area contributed by atoms with Crippen LogP contribution < -0.4 is 10.9 Å². The lowest BCUT2D eigenvalue weighted by Crippen LogP contribution is -2.22. The molecule has 0 bridgehead atoms. The minimum atomic E-state index is -4.59. The molecule has 1 N–H and O–H groups in total. The van der Waals surface area contributed by atoms with Crippen molar-refractivity contribution in [1.29, 1.82) is 0 Å². The lowest BCUT2D eigenvalue weighted by Gasteiger charge is -2.14. The van der Waals surface area contributed by atoms with Crippen molar-refractivity contribution in [2.24, 2.45) is 0 Å². The zero-order chi connectivity index (χ0) is 22.9. The third-order valence-corrected chi connectivity index (χ3v) is 6.38. The predicted molar refractivity (Wildman–Crippen MR) is 121 cm³/mol. The number of thiophene rings is 1. The summed E-state index contributed by atoms with van der Waals surface area (Å²) in [6.45, 7) is 1.89. The fourth-order valence-electron chi connectivity index (χ4n) is 3.14. The molecule has 2 aromatic carbocycles. The van der Waals surface area contributed by atoms with Crippen LogP contribution in [-0.2, 0) is 11.0 Å². The highest BCUT2D eigenvalue weighted by Gasteiger charge is 2.33. The second-order valence-electron chi connectivity index (χ2n) is 6.89. The number of nitrogens with zero attached hydrogens (tertiary/aromatic N) is 2. The number of benzene rings is 2. The zero-order valence-electron chi connectivity index (χ0n) is 16.6. The predicted octanol–water partition coefficient (Wildman–Crippen LogP) is 5.51. The molecule has 0 saturated heterocycles. The SMILES string of the molecule is Cc1cccc(-n2c(SCC(=O)Nc3ccccc3C(F)(F)F)nc3ccsc3c2=O)c1. The first-order valence-corrected chi connectivity index (χ1v) is 11.3. The molecule has 2 heterocycles. The number of fused-ring (bicyclic) bond motifs is 1. The maximum atomic E-state index is 13.2. The van der Waals surface area contributed by atoms with Crippen molar-refractivity contribution in [3.8, 4) is 5.69 Å². The number of halogens is 3. The number of aryl methyl sites for hydroxylation is 1. The molecule has 0 spiro atoms. The monoisotopic (exact) mass is 475 g/mol. The highest BCUT2D eigenvalue weighted by molar-refractivity contribution is 7.99. The molecule has 10 heteroatoms. The Bertz CT molecular complexity index is 1360. The van der Waals surface area contributed by atoms with Gasteiger partial charge in [0.2, 0.25) is 5.91 Å². The summed E-state index contributed by atoms with van der Waals surface area (Å²) >= 11 is 2.26. The number of alkyl halides is 3. The van der Waals surface area contributed by atoms with Gasteiger partial charge in [0.25, 0.3) is 5.56 Å². The molecule has 5 nitrogen and oxygen atoms in total. The lowest BCUT2D eigenvalue weighted by molar-refractivity contribution is -0.137. The van der Waals surface area contributed by atoms with Crippen LogP contribution in [0.25, 0.3) is 15.9 Å². The third-order valence-electron chi connectivity index (χ3n) is 4.55. The molecule has 1 amide bonds. The third kappa shape index (κ3) is 4.56. The molecule has 0 atom stereocenters. The van der Waals surface area contributed by atoms with Crippen molar-refractivity contribution >= 4 is 44.9 Å². The fourth-order valence-corrected chi connectivity index (χ4v) is 4.71. The van der Waals surface area contributed by atoms with Crippen LogP contribution in [0.15, 0.2) is 69.9 Å². The summed E-state index contributed by atoms with van der Waals surface area (Å²) in [4.78, 5) is 30.1. The Kier molecular flexibility index (Phi) is 6.07. The quantitative estimate of drug-likeness (QED) is 0.306.